The predicted octanol–water partition coefficient (Wildman–Crippen LogP) is 4.22. The maximum Gasteiger partial charge on any atom is 0.269 e. The van der Waals surface area contributed by atoms with Crippen LogP contribution in [0.5, 0.6) is 5.75 Å². The van der Waals surface area contributed by atoms with E-state index in [1.165, 1.54) is 22.0 Å². The van der Waals surface area contributed by atoms with Crippen LogP contribution in [0, 0.1) is 0 Å². The van der Waals surface area contributed by atoms with Crippen LogP contribution in [0.2, 0.25) is 0 Å². The normalized spacial score (nSPS) is 15.0. The Bertz CT molecular complexity index is 1270. The Morgan fingerprint density at radius 3 is 2.72 bits per heavy atom. The minimum Gasteiger partial charge on any atom is -0.497 e. The summed E-state index contributed by atoms with van der Waals surface area (Å²) < 4.78 is 8.51. The van der Waals surface area contributed by atoms with Gasteiger partial charge in [-0.3, -0.25) is 9.69 Å². The number of benzene rings is 2. The second-order valence-electron chi connectivity index (χ2n) is 8.25. The number of piperazine rings is 1. The van der Waals surface area contributed by atoms with Gasteiger partial charge in [-0.15, -0.1) is 11.3 Å². The van der Waals surface area contributed by atoms with Gasteiger partial charge in [0.2, 0.25) is 0 Å². The monoisotopic (exact) mass is 448 g/mol. The predicted molar refractivity (Wildman–Crippen MR) is 132 cm³/mol. The molecule has 3 heterocycles. The van der Waals surface area contributed by atoms with E-state index in [4.69, 9.17) is 4.74 Å². The van der Waals surface area contributed by atoms with Crippen LogP contribution in [-0.2, 0) is 6.54 Å². The number of aryl methyl sites for hydroxylation is 1. The summed E-state index contributed by atoms with van der Waals surface area (Å²) in [6.45, 7) is 6.04. The Hall–Kier alpha value is -2.90. The van der Waals surface area contributed by atoms with Crippen LogP contribution in [-0.4, -0.2) is 54.3 Å². The van der Waals surface area contributed by atoms with Crippen molar-refractivity contribution in [2.24, 2.45) is 0 Å². The maximum atomic E-state index is 12.4. The molecule has 7 heteroatoms. The van der Waals surface area contributed by atoms with Gasteiger partial charge in [0.05, 0.1) is 24.3 Å². The van der Waals surface area contributed by atoms with Crippen molar-refractivity contribution in [1.82, 2.24) is 14.5 Å². The van der Waals surface area contributed by atoms with Gasteiger partial charge >= 0.3 is 0 Å². The number of unbranched alkanes of at least 4 members (excludes halogenated alkanes) is 1. The van der Waals surface area contributed by atoms with Crippen LogP contribution in [0.3, 0.4) is 0 Å². The van der Waals surface area contributed by atoms with Gasteiger partial charge in [0, 0.05) is 54.6 Å². The third-order valence-corrected chi connectivity index (χ3v) is 7.23. The Morgan fingerprint density at radius 1 is 1.03 bits per heavy atom. The van der Waals surface area contributed by atoms with Crippen molar-refractivity contribution in [3.8, 4) is 5.75 Å². The molecule has 1 fully saturated rings. The smallest absolute Gasteiger partial charge is 0.269 e. The molecule has 6 nitrogen and oxygen atoms in total. The zero-order chi connectivity index (χ0) is 21.9. The number of thiophene rings is 1. The van der Waals surface area contributed by atoms with Crippen molar-refractivity contribution < 1.29 is 4.74 Å². The lowest BCUT2D eigenvalue weighted by atomic mass is 10.1. The summed E-state index contributed by atoms with van der Waals surface area (Å²) in [7, 11) is 1.64. The van der Waals surface area contributed by atoms with Crippen molar-refractivity contribution in [2.75, 3.05) is 44.7 Å². The van der Waals surface area contributed by atoms with Crippen LogP contribution in [0.1, 0.15) is 12.8 Å². The van der Waals surface area contributed by atoms with Crippen molar-refractivity contribution in [3.63, 3.8) is 0 Å². The van der Waals surface area contributed by atoms with Crippen molar-refractivity contribution >= 4 is 38.1 Å². The molecule has 32 heavy (non-hydrogen) atoms. The molecular formula is C25H28N4O2S. The Kier molecular flexibility index (Phi) is 6.10. The summed E-state index contributed by atoms with van der Waals surface area (Å²) >= 11 is 1.81. The van der Waals surface area contributed by atoms with Gasteiger partial charge in [0.25, 0.3) is 5.56 Å². The van der Waals surface area contributed by atoms with Gasteiger partial charge in [-0.1, -0.05) is 6.07 Å². The van der Waals surface area contributed by atoms with Crippen LogP contribution >= 0.6 is 11.3 Å². The Labute approximate surface area is 191 Å². The average molecular weight is 449 g/mol. The topological polar surface area (TPSA) is 50.6 Å². The van der Waals surface area contributed by atoms with Crippen molar-refractivity contribution in [3.05, 3.63) is 64.4 Å². The molecule has 5 rings (SSSR count). The van der Waals surface area contributed by atoms with Gasteiger partial charge in [0.1, 0.15) is 5.75 Å². The minimum atomic E-state index is -0.0537. The first-order valence-electron chi connectivity index (χ1n) is 11.2. The molecule has 0 atom stereocenters. The molecule has 4 aromatic rings. The SMILES string of the molecule is COc1ccc2ncc(=O)n(CCCCN3CCN(c4cccc5sccc45)CC3)c2c1. The lowest BCUT2D eigenvalue weighted by Gasteiger charge is -2.36. The van der Waals surface area contributed by atoms with E-state index in [0.717, 1.165) is 62.3 Å². The number of fused-ring (bicyclic) bond motifs is 2. The summed E-state index contributed by atoms with van der Waals surface area (Å²) in [4.78, 5) is 21.7. The number of hydrogen-bond acceptors (Lipinski definition) is 6. The van der Waals surface area contributed by atoms with E-state index in [1.807, 2.05) is 34.1 Å². The molecule has 0 spiro atoms. The van der Waals surface area contributed by atoms with Crippen LogP contribution in [0.15, 0.2) is 58.8 Å². The first-order valence-corrected chi connectivity index (χ1v) is 12.1. The van der Waals surface area contributed by atoms with E-state index in [9.17, 15) is 4.79 Å². The number of ether oxygens (including phenoxy) is 1. The molecular weight excluding hydrogens is 420 g/mol. The van der Waals surface area contributed by atoms with Gasteiger partial charge in [-0.25, -0.2) is 4.98 Å². The zero-order valence-electron chi connectivity index (χ0n) is 18.4. The number of methoxy groups -OCH3 is 1. The summed E-state index contributed by atoms with van der Waals surface area (Å²) in [6, 6.07) is 14.5. The Balaban J connectivity index is 1.15. The van der Waals surface area contributed by atoms with Crippen LogP contribution in [0.25, 0.3) is 21.1 Å². The van der Waals surface area contributed by atoms with E-state index in [2.05, 4.69) is 44.4 Å². The second-order valence-corrected chi connectivity index (χ2v) is 9.20. The Morgan fingerprint density at radius 2 is 1.88 bits per heavy atom. The largest absolute Gasteiger partial charge is 0.497 e. The van der Waals surface area contributed by atoms with E-state index >= 15 is 0 Å². The highest BCUT2D eigenvalue weighted by Gasteiger charge is 2.18. The quantitative estimate of drug-likeness (QED) is 0.396. The van der Waals surface area contributed by atoms with Gasteiger partial charge in [0.15, 0.2) is 0 Å². The highest BCUT2D eigenvalue weighted by molar-refractivity contribution is 7.17. The molecule has 2 aromatic heterocycles. The highest BCUT2D eigenvalue weighted by Crippen LogP contribution is 2.31. The van der Waals surface area contributed by atoms with Gasteiger partial charge < -0.3 is 14.2 Å². The van der Waals surface area contributed by atoms with E-state index < -0.39 is 0 Å². The van der Waals surface area contributed by atoms with Crippen molar-refractivity contribution in [2.45, 2.75) is 19.4 Å². The molecule has 1 aliphatic heterocycles. The molecule has 1 saturated heterocycles. The third kappa shape index (κ3) is 4.23. The number of rotatable bonds is 7. The molecule has 0 N–H and O–H groups in total. The standard InChI is InChI=1S/C25H28N4O2S/c1-31-19-7-8-21-23(17-19)29(25(30)18-26-21)11-3-2-10-27-12-14-28(15-13-27)22-5-4-6-24-20(22)9-16-32-24/h4-9,16-18H,2-3,10-15H2,1H3. The van der Waals surface area contributed by atoms with Crippen LogP contribution in [0.4, 0.5) is 5.69 Å². The molecule has 0 radical (unpaired) electrons. The number of hydrogen-bond donors (Lipinski definition) is 0. The molecule has 2 aromatic carbocycles. The number of anilines is 1. The summed E-state index contributed by atoms with van der Waals surface area (Å²) in [6.07, 6.45) is 3.45. The molecule has 166 valence electrons. The fourth-order valence-electron chi connectivity index (χ4n) is 4.57. The highest BCUT2D eigenvalue weighted by atomic mass is 32.1. The lowest BCUT2D eigenvalue weighted by molar-refractivity contribution is 0.251. The minimum absolute atomic E-state index is 0.0537. The zero-order valence-corrected chi connectivity index (χ0v) is 19.2. The second kappa shape index (κ2) is 9.30. The average Bonchev–Trinajstić information content (AvgIpc) is 3.32. The molecule has 0 unspecified atom stereocenters. The summed E-state index contributed by atoms with van der Waals surface area (Å²) in [5.41, 5.74) is 2.97. The third-order valence-electron chi connectivity index (χ3n) is 6.35. The summed E-state index contributed by atoms with van der Waals surface area (Å²) in [5, 5.41) is 3.55. The first kappa shape index (κ1) is 21.0. The number of aromatic nitrogens is 2. The summed E-state index contributed by atoms with van der Waals surface area (Å²) in [5.74, 6) is 0.745. The molecule has 0 saturated carbocycles. The number of nitrogens with zero attached hydrogens (tertiary/aromatic N) is 4. The van der Waals surface area contributed by atoms with Crippen molar-refractivity contribution in [1.29, 1.82) is 0 Å². The van der Waals surface area contributed by atoms with Crippen LogP contribution < -0.4 is 15.2 Å². The van der Waals surface area contributed by atoms with Gasteiger partial charge in [-0.05, 0) is 55.1 Å². The fourth-order valence-corrected chi connectivity index (χ4v) is 5.38. The fraction of sp³-hybridized carbons (Fsp3) is 0.360. The molecule has 0 aliphatic carbocycles. The van der Waals surface area contributed by atoms with E-state index in [-0.39, 0.29) is 5.56 Å². The van der Waals surface area contributed by atoms with Gasteiger partial charge in [-0.2, -0.15) is 0 Å². The van der Waals surface area contributed by atoms with E-state index in [0.29, 0.717) is 6.54 Å². The molecule has 0 amide bonds. The maximum absolute atomic E-state index is 12.4. The first-order chi connectivity index (χ1) is 15.7. The molecule has 0 bridgehead atoms. The lowest BCUT2D eigenvalue weighted by Crippen LogP contribution is -2.46. The molecule has 1 aliphatic rings. The van der Waals surface area contributed by atoms with E-state index in [1.54, 1.807) is 7.11 Å².